The van der Waals surface area contributed by atoms with Gasteiger partial charge in [0.15, 0.2) is 5.65 Å². The summed E-state index contributed by atoms with van der Waals surface area (Å²) >= 11 is 1.11. The molecule has 0 unspecified atom stereocenters. The summed E-state index contributed by atoms with van der Waals surface area (Å²) < 4.78 is 43.7. The van der Waals surface area contributed by atoms with E-state index in [1.165, 1.54) is 6.07 Å². The predicted octanol–water partition coefficient (Wildman–Crippen LogP) is 4.62. The standard InChI is InChI=1S/C19H15F3N4OS/c1-25-13-7-5-11(9-14(13)28-18(25)27)26-16(10-3-2-4-10)23-12-6-8-15(19(20,21)22)24-17(12)26/h5-10H,2-4H2,1H3. The van der Waals surface area contributed by atoms with Gasteiger partial charge in [-0.1, -0.05) is 17.8 Å². The molecule has 1 fully saturated rings. The Labute approximate surface area is 161 Å². The fraction of sp³-hybridized carbons (Fsp3) is 0.316. The molecular weight excluding hydrogens is 389 g/mol. The Balaban J connectivity index is 1.79. The molecule has 5 rings (SSSR count). The van der Waals surface area contributed by atoms with Crippen molar-refractivity contribution in [1.29, 1.82) is 0 Å². The van der Waals surface area contributed by atoms with Crippen molar-refractivity contribution in [3.63, 3.8) is 0 Å². The molecule has 0 atom stereocenters. The molecule has 0 N–H and O–H groups in total. The molecule has 1 saturated carbocycles. The fourth-order valence-corrected chi connectivity index (χ4v) is 4.50. The van der Waals surface area contributed by atoms with E-state index in [4.69, 9.17) is 0 Å². The summed E-state index contributed by atoms with van der Waals surface area (Å²) in [6.07, 6.45) is -1.54. The second-order valence-corrected chi connectivity index (χ2v) is 8.04. The molecule has 5 nitrogen and oxygen atoms in total. The first-order valence-electron chi connectivity index (χ1n) is 8.89. The minimum absolute atomic E-state index is 0.0839. The van der Waals surface area contributed by atoms with Crippen LogP contribution in [0.4, 0.5) is 13.2 Å². The maximum atomic E-state index is 13.2. The number of nitrogens with zero attached hydrogens (tertiary/aromatic N) is 4. The van der Waals surface area contributed by atoms with Crippen LogP contribution in [0.15, 0.2) is 35.1 Å². The van der Waals surface area contributed by atoms with Crippen molar-refractivity contribution in [3.05, 3.63) is 51.5 Å². The molecule has 9 heteroatoms. The number of benzene rings is 1. The molecule has 1 aliphatic rings. The third-order valence-corrected chi connectivity index (χ3v) is 6.32. The molecule has 1 aliphatic carbocycles. The Morgan fingerprint density at radius 1 is 1.14 bits per heavy atom. The minimum Gasteiger partial charge on any atom is -0.302 e. The molecule has 144 valence electrons. The van der Waals surface area contributed by atoms with Crippen molar-refractivity contribution in [1.82, 2.24) is 19.1 Å². The Bertz CT molecular complexity index is 1280. The van der Waals surface area contributed by atoms with Crippen LogP contribution in [0.25, 0.3) is 27.1 Å². The first-order chi connectivity index (χ1) is 13.3. The minimum atomic E-state index is -4.52. The highest BCUT2D eigenvalue weighted by Crippen LogP contribution is 2.39. The normalized spacial score (nSPS) is 15.4. The maximum Gasteiger partial charge on any atom is 0.433 e. The van der Waals surface area contributed by atoms with Gasteiger partial charge in [-0.05, 0) is 43.2 Å². The van der Waals surface area contributed by atoms with E-state index in [0.717, 1.165) is 52.7 Å². The molecule has 3 aromatic heterocycles. The van der Waals surface area contributed by atoms with E-state index < -0.39 is 11.9 Å². The van der Waals surface area contributed by atoms with E-state index in [1.54, 1.807) is 22.2 Å². The van der Waals surface area contributed by atoms with Crippen LogP contribution in [0.2, 0.25) is 0 Å². The zero-order chi connectivity index (χ0) is 19.6. The summed E-state index contributed by atoms with van der Waals surface area (Å²) in [5.74, 6) is 0.935. The summed E-state index contributed by atoms with van der Waals surface area (Å²) in [4.78, 5) is 20.4. The number of imidazole rings is 1. The molecule has 0 saturated heterocycles. The van der Waals surface area contributed by atoms with Crippen LogP contribution in [0.3, 0.4) is 0 Å². The van der Waals surface area contributed by atoms with Crippen molar-refractivity contribution >= 4 is 32.7 Å². The predicted molar refractivity (Wildman–Crippen MR) is 101 cm³/mol. The maximum absolute atomic E-state index is 13.2. The zero-order valence-electron chi connectivity index (χ0n) is 14.8. The lowest BCUT2D eigenvalue weighted by Gasteiger charge is -2.25. The van der Waals surface area contributed by atoms with Crippen LogP contribution >= 0.6 is 11.3 Å². The summed E-state index contributed by atoms with van der Waals surface area (Å²) in [6, 6.07) is 7.79. The van der Waals surface area contributed by atoms with Gasteiger partial charge in [-0.3, -0.25) is 9.36 Å². The van der Waals surface area contributed by atoms with Crippen LogP contribution in [0.1, 0.15) is 36.7 Å². The lowest BCUT2D eigenvalue weighted by atomic mass is 9.85. The van der Waals surface area contributed by atoms with E-state index >= 15 is 0 Å². The average Bonchev–Trinajstić information content (AvgIpc) is 3.09. The molecule has 1 aromatic carbocycles. The number of pyridine rings is 1. The first kappa shape index (κ1) is 17.4. The number of thiazole rings is 1. The van der Waals surface area contributed by atoms with Crippen molar-refractivity contribution in [2.75, 3.05) is 0 Å². The van der Waals surface area contributed by atoms with Crippen molar-refractivity contribution in [2.45, 2.75) is 31.4 Å². The Kier molecular flexibility index (Phi) is 3.67. The zero-order valence-corrected chi connectivity index (χ0v) is 15.6. The average molecular weight is 404 g/mol. The number of aryl methyl sites for hydroxylation is 1. The van der Waals surface area contributed by atoms with Crippen molar-refractivity contribution in [2.24, 2.45) is 7.05 Å². The van der Waals surface area contributed by atoms with E-state index in [9.17, 15) is 18.0 Å². The van der Waals surface area contributed by atoms with Gasteiger partial charge in [-0.15, -0.1) is 0 Å². The monoisotopic (exact) mass is 404 g/mol. The highest BCUT2D eigenvalue weighted by atomic mass is 32.1. The van der Waals surface area contributed by atoms with Crippen LogP contribution in [-0.2, 0) is 13.2 Å². The molecule has 0 bridgehead atoms. The van der Waals surface area contributed by atoms with Gasteiger partial charge in [0.2, 0.25) is 0 Å². The van der Waals surface area contributed by atoms with Gasteiger partial charge in [0.1, 0.15) is 17.0 Å². The number of hydrogen-bond donors (Lipinski definition) is 0. The third-order valence-electron chi connectivity index (χ3n) is 5.33. The molecule has 0 amide bonds. The fourth-order valence-electron chi connectivity index (χ4n) is 3.59. The van der Waals surface area contributed by atoms with Gasteiger partial charge >= 0.3 is 11.0 Å². The number of halogens is 3. The van der Waals surface area contributed by atoms with Gasteiger partial charge in [0.25, 0.3) is 0 Å². The van der Waals surface area contributed by atoms with Crippen LogP contribution in [-0.4, -0.2) is 19.1 Å². The molecule has 28 heavy (non-hydrogen) atoms. The van der Waals surface area contributed by atoms with E-state index in [1.807, 2.05) is 12.1 Å². The first-order valence-corrected chi connectivity index (χ1v) is 9.71. The van der Waals surface area contributed by atoms with Gasteiger partial charge in [0.05, 0.1) is 15.9 Å². The molecule has 0 radical (unpaired) electrons. The summed E-state index contributed by atoms with van der Waals surface area (Å²) in [5.41, 5.74) is 1.16. The number of aromatic nitrogens is 4. The largest absolute Gasteiger partial charge is 0.433 e. The van der Waals surface area contributed by atoms with Crippen molar-refractivity contribution < 1.29 is 13.2 Å². The third kappa shape index (κ3) is 2.56. The highest BCUT2D eigenvalue weighted by molar-refractivity contribution is 7.16. The van der Waals surface area contributed by atoms with Crippen LogP contribution in [0, 0.1) is 0 Å². The summed E-state index contributed by atoms with van der Waals surface area (Å²) in [5, 5.41) is 0. The van der Waals surface area contributed by atoms with Gasteiger partial charge in [-0.2, -0.15) is 13.2 Å². The van der Waals surface area contributed by atoms with E-state index in [2.05, 4.69) is 9.97 Å². The molecule has 0 spiro atoms. The second kappa shape index (κ2) is 5.91. The van der Waals surface area contributed by atoms with Crippen LogP contribution < -0.4 is 4.87 Å². The van der Waals surface area contributed by atoms with Gasteiger partial charge < -0.3 is 4.57 Å². The molecule has 0 aliphatic heterocycles. The molecule has 3 heterocycles. The number of rotatable bonds is 2. The van der Waals surface area contributed by atoms with E-state index in [-0.39, 0.29) is 16.4 Å². The Morgan fingerprint density at radius 2 is 1.93 bits per heavy atom. The number of alkyl halides is 3. The van der Waals surface area contributed by atoms with Gasteiger partial charge in [0, 0.05) is 13.0 Å². The van der Waals surface area contributed by atoms with Gasteiger partial charge in [-0.25, -0.2) is 9.97 Å². The summed E-state index contributed by atoms with van der Waals surface area (Å²) in [6.45, 7) is 0. The smallest absolute Gasteiger partial charge is 0.302 e. The SMILES string of the molecule is Cn1c(=O)sc2cc(-n3c(C4CCC4)nc4ccc(C(F)(F)F)nc43)ccc21. The Hall–Kier alpha value is -2.68. The highest BCUT2D eigenvalue weighted by Gasteiger charge is 2.34. The van der Waals surface area contributed by atoms with E-state index in [0.29, 0.717) is 11.2 Å². The lowest BCUT2D eigenvalue weighted by molar-refractivity contribution is -0.141. The topological polar surface area (TPSA) is 52.7 Å². The second-order valence-electron chi connectivity index (χ2n) is 7.05. The quantitative estimate of drug-likeness (QED) is 0.490. The number of hydrogen-bond acceptors (Lipinski definition) is 4. The molecular formula is C19H15F3N4OS. The summed E-state index contributed by atoms with van der Waals surface area (Å²) in [7, 11) is 1.70. The van der Waals surface area contributed by atoms with Crippen molar-refractivity contribution in [3.8, 4) is 5.69 Å². The lowest BCUT2D eigenvalue weighted by Crippen LogP contribution is -2.15. The Morgan fingerprint density at radius 3 is 2.61 bits per heavy atom. The number of fused-ring (bicyclic) bond motifs is 2. The van der Waals surface area contributed by atoms with Crippen LogP contribution in [0.5, 0.6) is 0 Å². The molecule has 4 aromatic rings.